The third-order valence-corrected chi connectivity index (χ3v) is 2.07. The van der Waals surface area contributed by atoms with Crippen LogP contribution in [0.1, 0.15) is 26.7 Å². The zero-order valence-corrected chi connectivity index (χ0v) is 9.36. The van der Waals surface area contributed by atoms with Crippen LogP contribution in [-0.2, 0) is 14.3 Å². The molecule has 0 aromatic carbocycles. The van der Waals surface area contributed by atoms with E-state index >= 15 is 0 Å². The Morgan fingerprint density at radius 2 is 2.00 bits per heavy atom. The number of nitrogens with one attached hydrogen (secondary N) is 1. The van der Waals surface area contributed by atoms with Crippen LogP contribution in [0.5, 0.6) is 0 Å². The third-order valence-electron chi connectivity index (χ3n) is 2.07. The van der Waals surface area contributed by atoms with E-state index in [9.17, 15) is 9.59 Å². The van der Waals surface area contributed by atoms with Gasteiger partial charge in [-0.05, 0) is 39.8 Å². The molecule has 5 nitrogen and oxygen atoms in total. The summed E-state index contributed by atoms with van der Waals surface area (Å²) >= 11 is 0. The number of carbonyl (C=O) groups is 2. The molecule has 88 valence electrons. The highest BCUT2D eigenvalue weighted by Gasteiger charge is 2.17. The molecule has 1 heterocycles. The van der Waals surface area contributed by atoms with Crippen LogP contribution < -0.4 is 11.1 Å². The lowest BCUT2D eigenvalue weighted by Crippen LogP contribution is -2.34. The standard InChI is InChI=1S/C6H12N2O.C4H8O2/c7-6(9)5-1-3-8-4-2-5;1-4(2)6-3-5/h5,8H,1-4H2,(H2,7,9);3-4H,1-2H3. The summed E-state index contributed by atoms with van der Waals surface area (Å²) in [6.45, 7) is 5.93. The summed E-state index contributed by atoms with van der Waals surface area (Å²) in [5, 5.41) is 3.16. The van der Waals surface area contributed by atoms with E-state index in [4.69, 9.17) is 5.73 Å². The molecular formula is C10H20N2O3. The zero-order valence-electron chi connectivity index (χ0n) is 9.36. The Morgan fingerprint density at radius 1 is 1.47 bits per heavy atom. The highest BCUT2D eigenvalue weighted by molar-refractivity contribution is 5.76. The summed E-state index contributed by atoms with van der Waals surface area (Å²) in [4.78, 5) is 19.9. The number of nitrogens with two attached hydrogens (primary N) is 1. The van der Waals surface area contributed by atoms with Crippen LogP contribution in [0.4, 0.5) is 0 Å². The minimum absolute atomic E-state index is 0.0301. The minimum atomic E-state index is -0.142. The molecule has 1 saturated heterocycles. The fraction of sp³-hybridized carbons (Fsp3) is 0.800. The van der Waals surface area contributed by atoms with Gasteiger partial charge >= 0.3 is 0 Å². The van der Waals surface area contributed by atoms with Gasteiger partial charge in [0.25, 0.3) is 6.47 Å². The van der Waals surface area contributed by atoms with Crippen LogP contribution in [0.25, 0.3) is 0 Å². The molecule has 0 bridgehead atoms. The Bertz CT molecular complexity index is 189. The van der Waals surface area contributed by atoms with Gasteiger partial charge < -0.3 is 15.8 Å². The predicted molar refractivity (Wildman–Crippen MR) is 57.1 cm³/mol. The molecule has 0 radical (unpaired) electrons. The van der Waals surface area contributed by atoms with E-state index in [-0.39, 0.29) is 17.9 Å². The lowest BCUT2D eigenvalue weighted by molar-refractivity contribution is -0.132. The van der Waals surface area contributed by atoms with Crippen molar-refractivity contribution in [3.63, 3.8) is 0 Å². The number of ether oxygens (including phenoxy) is 1. The van der Waals surface area contributed by atoms with Crippen molar-refractivity contribution in [3.8, 4) is 0 Å². The second kappa shape index (κ2) is 8.23. The Balaban J connectivity index is 0.000000288. The lowest BCUT2D eigenvalue weighted by atomic mass is 9.98. The van der Waals surface area contributed by atoms with Crippen molar-refractivity contribution in [1.82, 2.24) is 5.32 Å². The number of hydrogen-bond donors (Lipinski definition) is 2. The minimum Gasteiger partial charge on any atom is -0.465 e. The molecule has 1 aliphatic heterocycles. The van der Waals surface area contributed by atoms with E-state index in [1.165, 1.54) is 0 Å². The quantitative estimate of drug-likeness (QED) is 0.653. The number of piperidine rings is 1. The average molecular weight is 216 g/mol. The molecule has 15 heavy (non-hydrogen) atoms. The van der Waals surface area contributed by atoms with E-state index < -0.39 is 0 Å². The Hall–Kier alpha value is -1.10. The Morgan fingerprint density at radius 3 is 2.20 bits per heavy atom. The third kappa shape index (κ3) is 7.93. The zero-order chi connectivity index (χ0) is 11.7. The van der Waals surface area contributed by atoms with Crippen molar-refractivity contribution in [3.05, 3.63) is 0 Å². The monoisotopic (exact) mass is 216 g/mol. The first kappa shape index (κ1) is 13.9. The molecule has 0 spiro atoms. The van der Waals surface area contributed by atoms with Gasteiger partial charge in [-0.3, -0.25) is 9.59 Å². The number of amides is 1. The van der Waals surface area contributed by atoms with Crippen LogP contribution in [0, 0.1) is 5.92 Å². The lowest BCUT2D eigenvalue weighted by Gasteiger charge is -2.18. The van der Waals surface area contributed by atoms with Gasteiger partial charge in [-0.1, -0.05) is 0 Å². The van der Waals surface area contributed by atoms with Gasteiger partial charge in [-0.25, -0.2) is 0 Å². The van der Waals surface area contributed by atoms with Gasteiger partial charge in [0.15, 0.2) is 0 Å². The van der Waals surface area contributed by atoms with Gasteiger partial charge in [-0.15, -0.1) is 0 Å². The van der Waals surface area contributed by atoms with E-state index in [0.29, 0.717) is 6.47 Å². The van der Waals surface area contributed by atoms with Crippen LogP contribution in [0.15, 0.2) is 0 Å². The molecule has 0 aromatic heterocycles. The Kier molecular flexibility index (Phi) is 7.62. The van der Waals surface area contributed by atoms with Gasteiger partial charge in [0.05, 0.1) is 6.10 Å². The van der Waals surface area contributed by atoms with Crippen molar-refractivity contribution in [2.45, 2.75) is 32.8 Å². The fourth-order valence-electron chi connectivity index (χ4n) is 1.22. The molecule has 1 fully saturated rings. The van der Waals surface area contributed by atoms with Crippen molar-refractivity contribution in [2.24, 2.45) is 11.7 Å². The average Bonchev–Trinajstić information content (AvgIpc) is 2.20. The van der Waals surface area contributed by atoms with E-state index in [1.54, 1.807) is 13.8 Å². The Labute approximate surface area is 90.4 Å². The summed E-state index contributed by atoms with van der Waals surface area (Å²) < 4.78 is 4.36. The van der Waals surface area contributed by atoms with Crippen LogP contribution in [0.2, 0.25) is 0 Å². The summed E-state index contributed by atoms with van der Waals surface area (Å²) in [6.07, 6.45) is 1.85. The van der Waals surface area contributed by atoms with Gasteiger partial charge in [0.1, 0.15) is 0 Å². The number of hydrogen-bond acceptors (Lipinski definition) is 4. The topological polar surface area (TPSA) is 81.4 Å². The van der Waals surface area contributed by atoms with Gasteiger partial charge in [-0.2, -0.15) is 0 Å². The summed E-state index contributed by atoms with van der Waals surface area (Å²) in [6, 6.07) is 0. The molecule has 1 rings (SSSR count). The van der Waals surface area contributed by atoms with Crippen molar-refractivity contribution in [2.75, 3.05) is 13.1 Å². The molecule has 3 N–H and O–H groups in total. The normalized spacial score (nSPS) is 16.5. The highest BCUT2D eigenvalue weighted by atomic mass is 16.5. The van der Waals surface area contributed by atoms with E-state index in [1.807, 2.05) is 0 Å². The van der Waals surface area contributed by atoms with E-state index in [0.717, 1.165) is 25.9 Å². The molecule has 0 saturated carbocycles. The molecule has 0 aromatic rings. The maximum absolute atomic E-state index is 10.5. The first-order chi connectivity index (χ1) is 7.07. The molecule has 5 heteroatoms. The maximum atomic E-state index is 10.5. The first-order valence-electron chi connectivity index (χ1n) is 5.17. The largest absolute Gasteiger partial charge is 0.465 e. The van der Waals surface area contributed by atoms with Crippen LogP contribution in [-0.4, -0.2) is 31.6 Å². The molecule has 1 aliphatic rings. The molecule has 0 aliphatic carbocycles. The number of rotatable bonds is 3. The second-order valence-corrected chi connectivity index (χ2v) is 3.71. The van der Waals surface area contributed by atoms with Crippen molar-refractivity contribution >= 4 is 12.4 Å². The highest BCUT2D eigenvalue weighted by Crippen LogP contribution is 2.09. The summed E-state index contributed by atoms with van der Waals surface area (Å²) in [5.41, 5.74) is 5.10. The summed E-state index contributed by atoms with van der Waals surface area (Å²) in [7, 11) is 0. The summed E-state index contributed by atoms with van der Waals surface area (Å²) in [5.74, 6) is -0.0113. The van der Waals surface area contributed by atoms with Gasteiger partial charge in [0, 0.05) is 5.92 Å². The second-order valence-electron chi connectivity index (χ2n) is 3.71. The smallest absolute Gasteiger partial charge is 0.293 e. The van der Waals surface area contributed by atoms with Crippen molar-refractivity contribution in [1.29, 1.82) is 0 Å². The van der Waals surface area contributed by atoms with Crippen LogP contribution >= 0.6 is 0 Å². The number of primary amides is 1. The molecular weight excluding hydrogens is 196 g/mol. The maximum Gasteiger partial charge on any atom is 0.293 e. The molecule has 0 atom stereocenters. The number of carbonyl (C=O) groups excluding carboxylic acids is 2. The fourth-order valence-corrected chi connectivity index (χ4v) is 1.22. The first-order valence-corrected chi connectivity index (χ1v) is 5.17. The van der Waals surface area contributed by atoms with E-state index in [2.05, 4.69) is 10.1 Å². The van der Waals surface area contributed by atoms with Crippen LogP contribution in [0.3, 0.4) is 0 Å². The SMILES string of the molecule is CC(C)OC=O.NC(=O)C1CCNCC1. The molecule has 0 unspecified atom stereocenters. The predicted octanol–water partition coefficient (Wildman–Crippen LogP) is 0.0391. The van der Waals surface area contributed by atoms with Crippen molar-refractivity contribution < 1.29 is 14.3 Å². The molecule has 1 amide bonds. The van der Waals surface area contributed by atoms with Gasteiger partial charge in [0.2, 0.25) is 5.91 Å².